The highest BCUT2D eigenvalue weighted by atomic mass is 32.2. The summed E-state index contributed by atoms with van der Waals surface area (Å²) in [6, 6.07) is 9.21. The fourth-order valence-corrected chi connectivity index (χ4v) is 3.09. The zero-order chi connectivity index (χ0) is 10.8. The molecule has 2 nitrogen and oxygen atoms in total. The first-order valence-corrected chi connectivity index (χ1v) is 6.15. The Morgan fingerprint density at radius 1 is 1.21 bits per heavy atom. The number of sulfone groups is 1. The first kappa shape index (κ1) is 11.2. The van der Waals surface area contributed by atoms with Crippen LogP contribution in [0.3, 0.4) is 0 Å². The molecule has 0 aliphatic heterocycles. The fraction of sp³-hybridized carbons (Fsp3) is 0.455. The van der Waals surface area contributed by atoms with Crippen LogP contribution in [0, 0.1) is 11.5 Å². The van der Waals surface area contributed by atoms with E-state index in [2.05, 4.69) is 6.07 Å². The van der Waals surface area contributed by atoms with Gasteiger partial charge in [0.1, 0.15) is 0 Å². The smallest absolute Gasteiger partial charge is 0.178 e. The highest BCUT2D eigenvalue weighted by molar-refractivity contribution is 7.91. The number of rotatable bonds is 2. The molecule has 14 heavy (non-hydrogen) atoms. The van der Waals surface area contributed by atoms with Crippen molar-refractivity contribution in [2.24, 2.45) is 5.41 Å². The van der Waals surface area contributed by atoms with Crippen molar-refractivity contribution >= 4 is 9.84 Å². The first-order chi connectivity index (χ1) is 6.31. The van der Waals surface area contributed by atoms with Crippen LogP contribution in [-0.2, 0) is 9.84 Å². The molecule has 0 aliphatic carbocycles. The molecule has 0 bridgehead atoms. The topological polar surface area (TPSA) is 34.1 Å². The minimum atomic E-state index is -3.14. The molecule has 0 heterocycles. The molecule has 3 heteroatoms. The molecule has 0 amide bonds. The van der Waals surface area contributed by atoms with Gasteiger partial charge in [0.2, 0.25) is 0 Å². The Kier molecular flexibility index (Phi) is 3.00. The Morgan fingerprint density at radius 3 is 2.14 bits per heavy atom. The molecule has 0 saturated heterocycles. The third kappa shape index (κ3) is 3.14. The van der Waals surface area contributed by atoms with Crippen LogP contribution >= 0.6 is 0 Å². The van der Waals surface area contributed by atoms with E-state index in [-0.39, 0.29) is 11.2 Å². The monoisotopic (exact) mass is 211 g/mol. The minimum absolute atomic E-state index is 0.171. The Bertz CT molecular complexity index is 385. The van der Waals surface area contributed by atoms with Gasteiger partial charge in [-0.15, -0.1) is 0 Å². The largest absolute Gasteiger partial charge is 0.224 e. The summed E-state index contributed by atoms with van der Waals surface area (Å²) >= 11 is 0. The molecule has 0 N–H and O–H groups in total. The van der Waals surface area contributed by atoms with E-state index in [1.807, 2.05) is 20.8 Å². The van der Waals surface area contributed by atoms with Gasteiger partial charge in [0, 0.05) is 0 Å². The van der Waals surface area contributed by atoms with Gasteiger partial charge in [0.25, 0.3) is 0 Å². The summed E-state index contributed by atoms with van der Waals surface area (Å²) in [5.41, 5.74) is -0.210. The van der Waals surface area contributed by atoms with Gasteiger partial charge in [-0.3, -0.25) is 0 Å². The van der Waals surface area contributed by atoms with Gasteiger partial charge < -0.3 is 0 Å². The number of hydrogen-bond donors (Lipinski definition) is 0. The molecule has 1 aromatic rings. The van der Waals surface area contributed by atoms with Crippen molar-refractivity contribution in [2.45, 2.75) is 25.7 Å². The fourth-order valence-electron chi connectivity index (χ4n) is 1.23. The highest BCUT2D eigenvalue weighted by Crippen LogP contribution is 2.21. The summed E-state index contributed by atoms with van der Waals surface area (Å²) in [5, 5.41) is 0. The highest BCUT2D eigenvalue weighted by Gasteiger charge is 2.22. The second kappa shape index (κ2) is 3.73. The van der Waals surface area contributed by atoms with Gasteiger partial charge in [-0.25, -0.2) is 8.42 Å². The minimum Gasteiger partial charge on any atom is -0.224 e. The van der Waals surface area contributed by atoms with Crippen LogP contribution < -0.4 is 0 Å². The van der Waals surface area contributed by atoms with Crippen LogP contribution in [0.25, 0.3) is 0 Å². The van der Waals surface area contributed by atoms with E-state index in [1.165, 1.54) is 0 Å². The van der Waals surface area contributed by atoms with Crippen molar-refractivity contribution in [1.82, 2.24) is 0 Å². The van der Waals surface area contributed by atoms with Crippen molar-refractivity contribution < 1.29 is 8.42 Å². The first-order valence-electron chi connectivity index (χ1n) is 4.50. The van der Waals surface area contributed by atoms with E-state index in [9.17, 15) is 8.42 Å². The average molecular weight is 211 g/mol. The van der Waals surface area contributed by atoms with Gasteiger partial charge in [0.15, 0.2) is 9.84 Å². The quantitative estimate of drug-likeness (QED) is 0.752. The van der Waals surface area contributed by atoms with Crippen LogP contribution in [0.15, 0.2) is 29.2 Å². The van der Waals surface area contributed by atoms with Crippen LogP contribution in [0.5, 0.6) is 0 Å². The second-order valence-corrected chi connectivity index (χ2v) is 6.55. The zero-order valence-corrected chi connectivity index (χ0v) is 9.56. The van der Waals surface area contributed by atoms with Crippen molar-refractivity contribution in [2.75, 3.05) is 5.75 Å². The van der Waals surface area contributed by atoms with Crippen molar-refractivity contribution in [1.29, 1.82) is 0 Å². The van der Waals surface area contributed by atoms with Gasteiger partial charge >= 0.3 is 0 Å². The van der Waals surface area contributed by atoms with Crippen LogP contribution in [0.2, 0.25) is 0 Å². The molecule has 0 saturated carbocycles. The Balaban J connectivity index is 2.99. The lowest BCUT2D eigenvalue weighted by Crippen LogP contribution is -2.20. The standard InChI is InChI=1S/C11H15O2S/c1-11(2,3)9-14(12,13)10-7-5-4-6-8-10/h5-8H,9H2,1-3H3. The summed E-state index contributed by atoms with van der Waals surface area (Å²) in [5.74, 6) is 0.171. The zero-order valence-electron chi connectivity index (χ0n) is 8.74. The summed E-state index contributed by atoms with van der Waals surface area (Å²) in [4.78, 5) is 0.381. The Morgan fingerprint density at radius 2 is 1.71 bits per heavy atom. The van der Waals surface area contributed by atoms with Crippen molar-refractivity contribution in [3.63, 3.8) is 0 Å². The summed E-state index contributed by atoms with van der Waals surface area (Å²) in [7, 11) is -3.14. The third-order valence-electron chi connectivity index (χ3n) is 1.67. The maximum absolute atomic E-state index is 11.8. The molecular formula is C11H15O2S. The second-order valence-electron chi connectivity index (χ2n) is 4.56. The normalized spacial score (nSPS) is 12.8. The average Bonchev–Trinajstić information content (AvgIpc) is 2.01. The Labute approximate surface area is 85.9 Å². The molecule has 0 aliphatic rings. The molecule has 0 aromatic heterocycles. The molecule has 1 rings (SSSR count). The lowest BCUT2D eigenvalue weighted by molar-refractivity contribution is 0.462. The number of hydrogen-bond acceptors (Lipinski definition) is 2. The molecule has 0 fully saturated rings. The number of benzene rings is 1. The molecule has 0 atom stereocenters. The van der Waals surface area contributed by atoms with Gasteiger partial charge in [-0.05, 0) is 23.6 Å². The van der Waals surface area contributed by atoms with Crippen LogP contribution in [0.4, 0.5) is 0 Å². The van der Waals surface area contributed by atoms with Crippen molar-refractivity contribution in [3.8, 4) is 0 Å². The van der Waals surface area contributed by atoms with E-state index < -0.39 is 9.84 Å². The SMILES string of the molecule is CC(C)(C)CS(=O)(=O)c1cc[c]cc1. The maximum atomic E-state index is 11.8. The van der Waals surface area contributed by atoms with E-state index in [0.717, 1.165) is 0 Å². The summed E-state index contributed by atoms with van der Waals surface area (Å²) in [6.45, 7) is 5.75. The summed E-state index contributed by atoms with van der Waals surface area (Å²) in [6.07, 6.45) is 0. The van der Waals surface area contributed by atoms with E-state index in [1.54, 1.807) is 24.3 Å². The Hall–Kier alpha value is -0.830. The lowest BCUT2D eigenvalue weighted by atomic mass is 10.0. The van der Waals surface area contributed by atoms with E-state index in [4.69, 9.17) is 0 Å². The summed E-state index contributed by atoms with van der Waals surface area (Å²) < 4.78 is 23.7. The molecule has 0 unspecified atom stereocenters. The molecule has 0 spiro atoms. The molecule has 1 radical (unpaired) electrons. The molecular weight excluding hydrogens is 196 g/mol. The van der Waals surface area contributed by atoms with E-state index >= 15 is 0 Å². The van der Waals surface area contributed by atoms with Gasteiger partial charge in [-0.2, -0.15) is 0 Å². The van der Waals surface area contributed by atoms with Crippen LogP contribution in [-0.4, -0.2) is 14.2 Å². The van der Waals surface area contributed by atoms with Crippen LogP contribution in [0.1, 0.15) is 20.8 Å². The lowest BCUT2D eigenvalue weighted by Gasteiger charge is -2.17. The molecule has 77 valence electrons. The third-order valence-corrected chi connectivity index (χ3v) is 3.91. The molecule has 1 aromatic carbocycles. The van der Waals surface area contributed by atoms with Crippen molar-refractivity contribution in [3.05, 3.63) is 30.3 Å². The predicted molar refractivity (Wildman–Crippen MR) is 56.8 cm³/mol. The predicted octanol–water partition coefficient (Wildman–Crippen LogP) is 2.31. The van der Waals surface area contributed by atoms with Gasteiger partial charge in [-0.1, -0.05) is 32.9 Å². The maximum Gasteiger partial charge on any atom is 0.178 e. The van der Waals surface area contributed by atoms with E-state index in [0.29, 0.717) is 4.90 Å². The van der Waals surface area contributed by atoms with Gasteiger partial charge in [0.05, 0.1) is 10.6 Å².